The van der Waals surface area contributed by atoms with Gasteiger partial charge in [0.2, 0.25) is 0 Å². The Kier molecular flexibility index (Phi) is 8.80. The lowest BCUT2D eigenvalue weighted by molar-refractivity contribution is 0.338. The van der Waals surface area contributed by atoms with Crippen LogP contribution < -0.4 is 11.1 Å². The highest BCUT2D eigenvalue weighted by Gasteiger charge is 2.41. The van der Waals surface area contributed by atoms with Crippen molar-refractivity contribution in [3.05, 3.63) is 41.5 Å². The molecule has 2 aliphatic rings. The monoisotopic (exact) mass is 370 g/mol. The summed E-state index contributed by atoms with van der Waals surface area (Å²) in [5.74, 6) is 1.35. The quantitative estimate of drug-likeness (QED) is 0.779. The van der Waals surface area contributed by atoms with Gasteiger partial charge in [0.1, 0.15) is 0 Å². The van der Waals surface area contributed by atoms with Gasteiger partial charge in [-0.15, -0.1) is 24.8 Å². The van der Waals surface area contributed by atoms with Crippen molar-refractivity contribution in [2.24, 2.45) is 17.6 Å². The van der Waals surface area contributed by atoms with E-state index in [1.54, 1.807) is 5.57 Å². The van der Waals surface area contributed by atoms with Crippen LogP contribution in [-0.4, -0.2) is 18.1 Å². The molecule has 0 heterocycles. The minimum absolute atomic E-state index is 0. The van der Waals surface area contributed by atoms with Gasteiger partial charge in [-0.05, 0) is 49.5 Å². The molecule has 0 saturated heterocycles. The number of nitrogens with one attached hydrogen (secondary N) is 1. The summed E-state index contributed by atoms with van der Waals surface area (Å²) in [6.07, 6.45) is 8.60. The van der Waals surface area contributed by atoms with Crippen molar-refractivity contribution < 1.29 is 0 Å². The summed E-state index contributed by atoms with van der Waals surface area (Å²) >= 11 is 0. The van der Waals surface area contributed by atoms with Crippen LogP contribution in [0, 0.1) is 11.8 Å². The maximum absolute atomic E-state index is 6.01. The van der Waals surface area contributed by atoms with Gasteiger partial charge in [0.25, 0.3) is 0 Å². The van der Waals surface area contributed by atoms with Crippen molar-refractivity contribution >= 4 is 30.9 Å². The van der Waals surface area contributed by atoms with Crippen LogP contribution in [0.1, 0.15) is 51.5 Å². The molecule has 0 spiro atoms. The summed E-state index contributed by atoms with van der Waals surface area (Å²) in [5, 5.41) is 3.89. The zero-order valence-corrected chi connectivity index (χ0v) is 16.4. The molecule has 2 saturated carbocycles. The fourth-order valence-electron chi connectivity index (χ4n) is 3.78. The first-order chi connectivity index (χ1) is 10.6. The lowest BCUT2D eigenvalue weighted by atomic mass is 9.91. The maximum Gasteiger partial charge on any atom is 0.0142 e. The molecule has 0 aromatic heterocycles. The average Bonchev–Trinajstić information content (AvgIpc) is 3.27. The van der Waals surface area contributed by atoms with E-state index in [2.05, 4.69) is 55.6 Å². The summed E-state index contributed by atoms with van der Waals surface area (Å²) in [6, 6.07) is 12.6. The smallest absolute Gasteiger partial charge is 0.0142 e. The van der Waals surface area contributed by atoms with Crippen LogP contribution in [0.5, 0.6) is 0 Å². The van der Waals surface area contributed by atoms with E-state index in [1.807, 2.05) is 0 Å². The minimum Gasteiger partial charge on any atom is -0.328 e. The highest BCUT2D eigenvalue weighted by Crippen LogP contribution is 2.42. The Morgan fingerprint density at radius 2 is 1.71 bits per heavy atom. The second-order valence-electron chi connectivity index (χ2n) is 7.44. The van der Waals surface area contributed by atoms with E-state index < -0.39 is 0 Å². The molecule has 0 aliphatic heterocycles. The highest BCUT2D eigenvalue weighted by molar-refractivity contribution is 5.85. The summed E-state index contributed by atoms with van der Waals surface area (Å²) in [5.41, 5.74) is 8.95. The van der Waals surface area contributed by atoms with Crippen molar-refractivity contribution in [1.29, 1.82) is 0 Å². The van der Waals surface area contributed by atoms with Gasteiger partial charge in [-0.25, -0.2) is 0 Å². The van der Waals surface area contributed by atoms with Gasteiger partial charge in [0.05, 0.1) is 0 Å². The standard InChI is InChI=1S/C20H30N2.2ClH/c1-14(2)18(12-15-6-4-3-5-7-15)19-13-20(19)22-17-10-8-16(21)9-11-17;;/h3-7,12,14,16-17,19-20,22H,8-11,13,21H2,1-2H3;2*1H/b18-12+;;/t16-,17-,19?,20?;;. The van der Waals surface area contributed by atoms with Crippen molar-refractivity contribution in [1.82, 2.24) is 5.32 Å². The van der Waals surface area contributed by atoms with Crippen LogP contribution in [0.3, 0.4) is 0 Å². The van der Waals surface area contributed by atoms with E-state index in [0.717, 1.165) is 5.92 Å². The van der Waals surface area contributed by atoms with Crippen molar-refractivity contribution in [2.75, 3.05) is 0 Å². The Bertz CT molecular complexity index is 508. The van der Waals surface area contributed by atoms with E-state index in [9.17, 15) is 0 Å². The number of benzene rings is 1. The Morgan fingerprint density at radius 1 is 1.08 bits per heavy atom. The molecule has 2 nitrogen and oxygen atoms in total. The molecule has 136 valence electrons. The molecule has 2 fully saturated rings. The Morgan fingerprint density at radius 3 is 2.29 bits per heavy atom. The predicted molar refractivity (Wildman–Crippen MR) is 109 cm³/mol. The molecule has 2 atom stereocenters. The minimum atomic E-state index is 0. The average molecular weight is 371 g/mol. The van der Waals surface area contributed by atoms with E-state index in [-0.39, 0.29) is 24.8 Å². The molecule has 0 bridgehead atoms. The molecule has 3 N–H and O–H groups in total. The zero-order valence-electron chi connectivity index (χ0n) is 14.8. The van der Waals surface area contributed by atoms with Gasteiger partial charge in [0.15, 0.2) is 0 Å². The summed E-state index contributed by atoms with van der Waals surface area (Å²) < 4.78 is 0. The third-order valence-corrected chi connectivity index (χ3v) is 5.24. The van der Waals surface area contributed by atoms with E-state index in [1.165, 1.54) is 37.7 Å². The Hall–Kier alpha value is -0.540. The molecule has 2 unspecified atom stereocenters. The van der Waals surface area contributed by atoms with Crippen LogP contribution in [-0.2, 0) is 0 Å². The van der Waals surface area contributed by atoms with Crippen molar-refractivity contribution in [3.8, 4) is 0 Å². The number of hydrogen-bond donors (Lipinski definition) is 2. The first kappa shape index (κ1) is 21.5. The third-order valence-electron chi connectivity index (χ3n) is 5.24. The van der Waals surface area contributed by atoms with Crippen LogP contribution in [0.2, 0.25) is 0 Å². The SMILES string of the molecule is CC(C)/C(=C\c1ccccc1)C1CC1N[C@H]1CC[C@H](N)CC1.Cl.Cl. The van der Waals surface area contributed by atoms with Gasteiger partial charge in [-0.3, -0.25) is 0 Å². The zero-order chi connectivity index (χ0) is 15.5. The normalized spacial score (nSPS) is 29.6. The first-order valence-electron chi connectivity index (χ1n) is 8.91. The summed E-state index contributed by atoms with van der Waals surface area (Å²) in [4.78, 5) is 0. The van der Waals surface area contributed by atoms with Crippen LogP contribution in [0.4, 0.5) is 0 Å². The Balaban J connectivity index is 0.00000144. The van der Waals surface area contributed by atoms with Gasteiger partial charge < -0.3 is 11.1 Å². The predicted octanol–water partition coefficient (Wildman–Crippen LogP) is 4.82. The molecule has 1 aromatic carbocycles. The number of hydrogen-bond acceptors (Lipinski definition) is 2. The lowest BCUT2D eigenvalue weighted by Gasteiger charge is -2.27. The fourth-order valence-corrected chi connectivity index (χ4v) is 3.78. The summed E-state index contributed by atoms with van der Waals surface area (Å²) in [6.45, 7) is 4.65. The molecule has 0 radical (unpaired) electrons. The fraction of sp³-hybridized carbons (Fsp3) is 0.600. The van der Waals surface area contributed by atoms with Crippen LogP contribution >= 0.6 is 24.8 Å². The molecular weight excluding hydrogens is 339 g/mol. The first-order valence-corrected chi connectivity index (χ1v) is 8.91. The molecule has 24 heavy (non-hydrogen) atoms. The van der Waals surface area contributed by atoms with E-state index in [0.29, 0.717) is 24.0 Å². The number of halogens is 2. The molecule has 2 aliphatic carbocycles. The molecule has 3 rings (SSSR count). The van der Waals surface area contributed by atoms with Gasteiger partial charge in [0, 0.05) is 18.1 Å². The molecule has 0 amide bonds. The van der Waals surface area contributed by atoms with Gasteiger partial charge in [-0.2, -0.15) is 0 Å². The maximum atomic E-state index is 6.01. The number of rotatable bonds is 5. The largest absolute Gasteiger partial charge is 0.328 e. The highest BCUT2D eigenvalue weighted by atomic mass is 35.5. The van der Waals surface area contributed by atoms with E-state index in [4.69, 9.17) is 5.73 Å². The molecular formula is C20H32Cl2N2. The second kappa shape index (κ2) is 9.82. The Labute approximate surface area is 159 Å². The topological polar surface area (TPSA) is 38.0 Å². The van der Waals surface area contributed by atoms with Gasteiger partial charge >= 0.3 is 0 Å². The molecule has 1 aromatic rings. The number of nitrogens with two attached hydrogens (primary N) is 1. The lowest BCUT2D eigenvalue weighted by Crippen LogP contribution is -2.39. The van der Waals surface area contributed by atoms with Crippen molar-refractivity contribution in [2.45, 2.75) is 64.1 Å². The second-order valence-corrected chi connectivity index (χ2v) is 7.44. The van der Waals surface area contributed by atoms with E-state index >= 15 is 0 Å². The van der Waals surface area contributed by atoms with Crippen LogP contribution in [0.15, 0.2) is 35.9 Å². The van der Waals surface area contributed by atoms with Crippen molar-refractivity contribution in [3.63, 3.8) is 0 Å². The summed E-state index contributed by atoms with van der Waals surface area (Å²) in [7, 11) is 0. The van der Waals surface area contributed by atoms with Crippen LogP contribution in [0.25, 0.3) is 6.08 Å². The van der Waals surface area contributed by atoms with Gasteiger partial charge in [-0.1, -0.05) is 55.8 Å². The third kappa shape index (κ3) is 5.77. The molecule has 4 heteroatoms.